The van der Waals surface area contributed by atoms with E-state index in [0.717, 1.165) is 16.9 Å². The molecule has 0 atom stereocenters. The lowest BCUT2D eigenvalue weighted by atomic mass is 10.2. The highest BCUT2D eigenvalue weighted by atomic mass is 14.9. The van der Waals surface area contributed by atoms with Gasteiger partial charge in [0.2, 0.25) is 0 Å². The Morgan fingerprint density at radius 3 is 1.59 bits per heavy atom. The van der Waals surface area contributed by atoms with Crippen LogP contribution in [0, 0.1) is 0 Å². The molecule has 0 radical (unpaired) electrons. The van der Waals surface area contributed by atoms with Crippen LogP contribution in [0.15, 0.2) is 60.7 Å². The van der Waals surface area contributed by atoms with Gasteiger partial charge in [-0.25, -0.2) is 4.98 Å². The molecule has 0 fully saturated rings. The van der Waals surface area contributed by atoms with Crippen LogP contribution in [0.5, 0.6) is 0 Å². The number of hydrogen-bond donors (Lipinski definition) is 1. The Balaban J connectivity index is 0.000000373. The third kappa shape index (κ3) is 7.07. The number of hydrogen-bond acceptors (Lipinski definition) is 1. The van der Waals surface area contributed by atoms with E-state index in [1.54, 1.807) is 0 Å². The van der Waals surface area contributed by atoms with Gasteiger partial charge in [0.05, 0.1) is 11.0 Å². The number of nitrogens with zero attached hydrogens (tertiary/aromatic N) is 1. The summed E-state index contributed by atoms with van der Waals surface area (Å²) in [6.07, 6.45) is 0. The zero-order valence-corrected chi connectivity index (χ0v) is 14.8. The fraction of sp³-hybridized carbons (Fsp3) is 0.350. The van der Waals surface area contributed by atoms with Gasteiger partial charge in [0.15, 0.2) is 0 Å². The van der Waals surface area contributed by atoms with E-state index in [0.29, 0.717) is 5.92 Å². The van der Waals surface area contributed by atoms with Crippen molar-refractivity contribution in [1.29, 1.82) is 0 Å². The number of para-hydroxylation sites is 2. The zero-order valence-electron chi connectivity index (χ0n) is 14.8. The van der Waals surface area contributed by atoms with Crippen LogP contribution in [-0.4, -0.2) is 9.97 Å². The van der Waals surface area contributed by atoms with Crippen molar-refractivity contribution in [2.24, 2.45) is 0 Å². The fourth-order valence-corrected chi connectivity index (χ4v) is 1.63. The van der Waals surface area contributed by atoms with Gasteiger partial charge in [-0.15, -0.1) is 0 Å². The van der Waals surface area contributed by atoms with E-state index in [-0.39, 0.29) is 0 Å². The van der Waals surface area contributed by atoms with Crippen LogP contribution in [0.1, 0.15) is 53.3 Å². The van der Waals surface area contributed by atoms with Gasteiger partial charge in [0, 0.05) is 5.92 Å². The first-order chi connectivity index (χ1) is 10.8. The van der Waals surface area contributed by atoms with E-state index in [4.69, 9.17) is 0 Å². The summed E-state index contributed by atoms with van der Waals surface area (Å²) in [7, 11) is 0. The predicted octanol–water partition coefficient (Wildman–Crippen LogP) is 6.43. The third-order valence-electron chi connectivity index (χ3n) is 2.62. The van der Waals surface area contributed by atoms with Gasteiger partial charge in [-0.05, 0) is 12.1 Å². The Hall–Kier alpha value is -2.09. The highest BCUT2D eigenvalue weighted by Gasteiger charge is 2.04. The number of H-pyrrole nitrogens is 1. The first-order valence-corrected chi connectivity index (χ1v) is 8.22. The topological polar surface area (TPSA) is 28.7 Å². The minimum Gasteiger partial charge on any atom is -0.342 e. The molecule has 0 saturated carbocycles. The summed E-state index contributed by atoms with van der Waals surface area (Å²) < 4.78 is 0. The van der Waals surface area contributed by atoms with Crippen molar-refractivity contribution in [3.05, 3.63) is 66.5 Å². The van der Waals surface area contributed by atoms with Crippen LogP contribution in [-0.2, 0) is 0 Å². The highest BCUT2D eigenvalue weighted by Crippen LogP contribution is 2.15. The summed E-state index contributed by atoms with van der Waals surface area (Å²) in [5.74, 6) is 1.54. The maximum atomic E-state index is 4.46. The standard InChI is InChI=1S/C10H12N2.C6H6.2C2H6/c1-7(2)10-11-8-5-3-4-6-9(8)12-10;1-2-4-6-5-3-1;2*1-2/h3-7H,1-2H3,(H,11,12);1-6H;2*1-2H3. The molecular weight excluding hydrogens is 268 g/mol. The minimum absolute atomic E-state index is 0.470. The van der Waals surface area contributed by atoms with Crippen LogP contribution in [0.2, 0.25) is 0 Å². The number of nitrogens with one attached hydrogen (secondary N) is 1. The van der Waals surface area contributed by atoms with Gasteiger partial charge in [-0.3, -0.25) is 0 Å². The van der Waals surface area contributed by atoms with Crippen molar-refractivity contribution in [1.82, 2.24) is 9.97 Å². The number of aromatic amines is 1. The van der Waals surface area contributed by atoms with Crippen molar-refractivity contribution in [2.45, 2.75) is 47.5 Å². The molecule has 1 aromatic heterocycles. The van der Waals surface area contributed by atoms with Gasteiger partial charge < -0.3 is 4.98 Å². The zero-order chi connectivity index (χ0) is 16.8. The molecule has 0 aliphatic heterocycles. The second kappa shape index (κ2) is 12.6. The molecule has 2 heteroatoms. The molecule has 0 amide bonds. The minimum atomic E-state index is 0.470. The molecule has 22 heavy (non-hydrogen) atoms. The van der Waals surface area contributed by atoms with Crippen molar-refractivity contribution >= 4 is 11.0 Å². The van der Waals surface area contributed by atoms with E-state index in [1.165, 1.54) is 0 Å². The summed E-state index contributed by atoms with van der Waals surface area (Å²) >= 11 is 0. The summed E-state index contributed by atoms with van der Waals surface area (Å²) in [6, 6.07) is 20.1. The smallest absolute Gasteiger partial charge is 0.109 e. The van der Waals surface area contributed by atoms with Gasteiger partial charge in [0.25, 0.3) is 0 Å². The monoisotopic (exact) mass is 298 g/mol. The Morgan fingerprint density at radius 2 is 1.18 bits per heavy atom. The molecule has 0 bridgehead atoms. The second-order valence-electron chi connectivity index (χ2n) is 4.45. The quantitative estimate of drug-likeness (QED) is 0.551. The largest absolute Gasteiger partial charge is 0.342 e. The van der Waals surface area contributed by atoms with Gasteiger partial charge in [-0.1, -0.05) is 90.1 Å². The van der Waals surface area contributed by atoms with Crippen LogP contribution >= 0.6 is 0 Å². The molecule has 2 nitrogen and oxygen atoms in total. The molecule has 120 valence electrons. The number of fused-ring (bicyclic) bond motifs is 1. The number of rotatable bonds is 1. The van der Waals surface area contributed by atoms with E-state index < -0.39 is 0 Å². The number of imidazole rings is 1. The Morgan fingerprint density at radius 1 is 0.727 bits per heavy atom. The van der Waals surface area contributed by atoms with Gasteiger partial charge in [0.1, 0.15) is 5.82 Å². The second-order valence-corrected chi connectivity index (χ2v) is 4.45. The first-order valence-electron chi connectivity index (χ1n) is 8.22. The average Bonchev–Trinajstić information content (AvgIpc) is 3.05. The highest BCUT2D eigenvalue weighted by molar-refractivity contribution is 5.74. The lowest BCUT2D eigenvalue weighted by Crippen LogP contribution is -1.88. The van der Waals surface area contributed by atoms with Gasteiger partial charge >= 0.3 is 0 Å². The van der Waals surface area contributed by atoms with Crippen molar-refractivity contribution in [2.75, 3.05) is 0 Å². The van der Waals surface area contributed by atoms with Crippen LogP contribution in [0.25, 0.3) is 11.0 Å². The molecule has 0 aliphatic carbocycles. The lowest BCUT2D eigenvalue weighted by molar-refractivity contribution is 0.799. The molecule has 0 aliphatic rings. The van der Waals surface area contributed by atoms with Crippen molar-refractivity contribution < 1.29 is 0 Å². The summed E-state index contributed by atoms with van der Waals surface area (Å²) in [5, 5.41) is 0. The SMILES string of the molecule is CC.CC.CC(C)c1nc2ccccc2[nH]1.c1ccccc1. The molecule has 3 rings (SSSR count). The molecule has 0 unspecified atom stereocenters. The molecular formula is C20H30N2. The van der Waals surface area contributed by atoms with E-state index in [1.807, 2.05) is 88.4 Å². The van der Waals surface area contributed by atoms with Crippen molar-refractivity contribution in [3.63, 3.8) is 0 Å². The predicted molar refractivity (Wildman–Crippen MR) is 99.3 cm³/mol. The molecule has 0 saturated heterocycles. The number of aromatic nitrogens is 2. The van der Waals surface area contributed by atoms with E-state index in [9.17, 15) is 0 Å². The van der Waals surface area contributed by atoms with Gasteiger partial charge in [-0.2, -0.15) is 0 Å². The average molecular weight is 298 g/mol. The Kier molecular flexibility index (Phi) is 11.4. The lowest BCUT2D eigenvalue weighted by Gasteiger charge is -1.95. The maximum absolute atomic E-state index is 4.46. The summed E-state index contributed by atoms with van der Waals surface area (Å²) in [5.41, 5.74) is 2.18. The van der Waals surface area contributed by atoms with Crippen LogP contribution < -0.4 is 0 Å². The maximum Gasteiger partial charge on any atom is 0.109 e. The summed E-state index contributed by atoms with van der Waals surface area (Å²) in [6.45, 7) is 12.3. The van der Waals surface area contributed by atoms with E-state index in [2.05, 4.69) is 23.8 Å². The first kappa shape index (κ1) is 19.9. The third-order valence-corrected chi connectivity index (χ3v) is 2.62. The molecule has 3 aromatic rings. The van der Waals surface area contributed by atoms with Crippen molar-refractivity contribution in [3.8, 4) is 0 Å². The molecule has 1 N–H and O–H groups in total. The normalized spacial score (nSPS) is 8.86. The fourth-order valence-electron chi connectivity index (χ4n) is 1.63. The van der Waals surface area contributed by atoms with Crippen LogP contribution in [0.3, 0.4) is 0 Å². The van der Waals surface area contributed by atoms with E-state index >= 15 is 0 Å². The van der Waals surface area contributed by atoms with Crippen LogP contribution in [0.4, 0.5) is 0 Å². The molecule has 2 aromatic carbocycles. The Labute approximate surface area is 135 Å². The molecule has 1 heterocycles. The Bertz CT molecular complexity index is 523. The summed E-state index contributed by atoms with van der Waals surface area (Å²) in [4.78, 5) is 7.74. The molecule has 0 spiro atoms. The number of benzene rings is 2.